The van der Waals surface area contributed by atoms with Gasteiger partial charge in [0.1, 0.15) is 5.01 Å². The van der Waals surface area contributed by atoms with Crippen LogP contribution in [0.5, 0.6) is 0 Å². The van der Waals surface area contributed by atoms with Gasteiger partial charge < -0.3 is 27.0 Å². The molecule has 0 atom stereocenters. The minimum atomic E-state index is -5.08. The first-order valence-corrected chi connectivity index (χ1v) is 10.3. The maximum Gasteiger partial charge on any atom is 0.490 e. The highest BCUT2D eigenvalue weighted by molar-refractivity contribution is 7.15. The monoisotopic (exact) mass is 541 g/mol. The standard InChI is InChI=1S/C12H23N7OS.2C2HF3O2/c1-2-3-4-7-16-12(20)17-10(13)15-8-5-6-9-18-19-11(14)21-9;2*3-2(4,5)1(6)7/h2-8H2,1H3,(H2,14,19)(H4,13,15,16,17,20);2*(H,6,7). The molecule has 1 rings (SSSR count). The molecule has 1 aromatic heterocycles. The van der Waals surface area contributed by atoms with E-state index in [4.69, 9.17) is 31.3 Å². The van der Waals surface area contributed by atoms with Gasteiger partial charge in [-0.25, -0.2) is 14.4 Å². The number of nitrogens with one attached hydrogen (secondary N) is 2. The lowest BCUT2D eigenvalue weighted by Gasteiger charge is -2.06. The zero-order valence-electron chi connectivity index (χ0n) is 18.2. The molecule has 1 heterocycles. The van der Waals surface area contributed by atoms with E-state index in [1.807, 2.05) is 0 Å². The van der Waals surface area contributed by atoms with Crippen LogP contribution in [0.3, 0.4) is 0 Å². The predicted octanol–water partition coefficient (Wildman–Crippen LogP) is 2.12. The van der Waals surface area contributed by atoms with Gasteiger partial charge in [-0.05, 0) is 12.8 Å². The largest absolute Gasteiger partial charge is 0.490 e. The number of nitrogens with two attached hydrogens (primary N) is 2. The number of rotatable bonds is 8. The van der Waals surface area contributed by atoms with Gasteiger partial charge in [0.15, 0.2) is 5.96 Å². The number of unbranched alkanes of at least 4 members (excludes halogenated alkanes) is 2. The van der Waals surface area contributed by atoms with Crippen LogP contribution in [-0.4, -0.2) is 69.8 Å². The van der Waals surface area contributed by atoms with E-state index in [0.29, 0.717) is 18.2 Å². The molecule has 202 valence electrons. The molecule has 19 heteroatoms. The fraction of sp³-hybridized carbons (Fsp3) is 0.625. The highest BCUT2D eigenvalue weighted by Gasteiger charge is 2.38. The number of carboxylic acid groups (broad SMARTS) is 2. The van der Waals surface area contributed by atoms with Crippen molar-refractivity contribution in [1.29, 1.82) is 0 Å². The number of anilines is 1. The number of carboxylic acids is 2. The number of nitrogens with zero attached hydrogens (tertiary/aromatic N) is 3. The van der Waals surface area contributed by atoms with Crippen molar-refractivity contribution in [2.24, 2.45) is 10.7 Å². The first-order chi connectivity index (χ1) is 16.0. The van der Waals surface area contributed by atoms with E-state index in [1.54, 1.807) is 0 Å². The summed E-state index contributed by atoms with van der Waals surface area (Å²) in [5, 5.41) is 28.5. The number of urea groups is 1. The molecule has 0 spiro atoms. The molecule has 0 aliphatic carbocycles. The second-order valence-corrected chi connectivity index (χ2v) is 7.19. The Morgan fingerprint density at radius 2 is 1.51 bits per heavy atom. The van der Waals surface area contributed by atoms with E-state index < -0.39 is 24.3 Å². The number of aryl methyl sites for hydroxylation is 1. The smallest absolute Gasteiger partial charge is 0.475 e. The summed E-state index contributed by atoms with van der Waals surface area (Å²) in [6.45, 7) is 3.27. The van der Waals surface area contributed by atoms with E-state index in [-0.39, 0.29) is 12.0 Å². The van der Waals surface area contributed by atoms with Crippen molar-refractivity contribution in [3.05, 3.63) is 5.01 Å². The van der Waals surface area contributed by atoms with Crippen LogP contribution in [0, 0.1) is 0 Å². The molecule has 35 heavy (non-hydrogen) atoms. The second-order valence-electron chi connectivity index (χ2n) is 6.10. The predicted molar refractivity (Wildman–Crippen MR) is 113 cm³/mol. The maximum absolute atomic E-state index is 11.5. The third-order valence-electron chi connectivity index (χ3n) is 3.11. The molecule has 12 nitrogen and oxygen atoms in total. The van der Waals surface area contributed by atoms with Gasteiger partial charge in [0.25, 0.3) is 0 Å². The molecule has 8 N–H and O–H groups in total. The van der Waals surface area contributed by atoms with Gasteiger partial charge in [-0.3, -0.25) is 10.3 Å². The molecule has 0 aliphatic rings. The minimum Gasteiger partial charge on any atom is -0.475 e. The van der Waals surface area contributed by atoms with Crippen molar-refractivity contribution in [3.63, 3.8) is 0 Å². The van der Waals surface area contributed by atoms with Crippen LogP contribution in [0.2, 0.25) is 0 Å². The number of halogens is 6. The van der Waals surface area contributed by atoms with Crippen molar-refractivity contribution in [2.45, 2.75) is 51.4 Å². The Hall–Kier alpha value is -3.38. The Bertz CT molecular complexity index is 793. The second kappa shape index (κ2) is 17.1. The van der Waals surface area contributed by atoms with Crippen LogP contribution < -0.4 is 22.1 Å². The number of alkyl halides is 6. The lowest BCUT2D eigenvalue weighted by atomic mass is 10.2. The molecule has 0 saturated heterocycles. The number of carbonyl (C=O) groups excluding carboxylic acids is 1. The Labute approximate surface area is 198 Å². The fourth-order valence-electron chi connectivity index (χ4n) is 1.57. The van der Waals surface area contributed by atoms with Gasteiger partial charge in [0.05, 0.1) is 0 Å². The lowest BCUT2D eigenvalue weighted by Crippen LogP contribution is -2.43. The fourth-order valence-corrected chi connectivity index (χ4v) is 2.23. The number of guanidine groups is 1. The van der Waals surface area contributed by atoms with Crippen LogP contribution >= 0.6 is 11.3 Å². The van der Waals surface area contributed by atoms with E-state index in [2.05, 4.69) is 32.7 Å². The number of hydrogen-bond acceptors (Lipinski definition) is 8. The van der Waals surface area contributed by atoms with Crippen LogP contribution in [0.4, 0.5) is 36.3 Å². The SMILES string of the molecule is CCCCCNC(=O)NC(N)=NCCCc1nnc(N)s1.O=C(O)C(F)(F)F.O=C(O)C(F)(F)F. The third kappa shape index (κ3) is 20.9. The van der Waals surface area contributed by atoms with Crippen molar-refractivity contribution < 1.29 is 50.9 Å². The van der Waals surface area contributed by atoms with Crippen LogP contribution in [0.25, 0.3) is 0 Å². The summed E-state index contributed by atoms with van der Waals surface area (Å²) in [7, 11) is 0. The minimum absolute atomic E-state index is 0.125. The van der Waals surface area contributed by atoms with Crippen LogP contribution in [0.15, 0.2) is 4.99 Å². The molecular weight excluding hydrogens is 516 g/mol. The summed E-state index contributed by atoms with van der Waals surface area (Å²) in [5.41, 5.74) is 11.1. The Balaban J connectivity index is 0. The number of aliphatic imine (C=N–C) groups is 1. The van der Waals surface area contributed by atoms with Gasteiger partial charge in [-0.15, -0.1) is 10.2 Å². The van der Waals surface area contributed by atoms with Crippen molar-refractivity contribution >= 4 is 40.4 Å². The third-order valence-corrected chi connectivity index (χ3v) is 3.92. The van der Waals surface area contributed by atoms with Crippen molar-refractivity contribution in [2.75, 3.05) is 18.8 Å². The van der Waals surface area contributed by atoms with E-state index in [1.165, 1.54) is 11.3 Å². The Morgan fingerprint density at radius 3 is 1.91 bits per heavy atom. The zero-order valence-corrected chi connectivity index (χ0v) is 19.1. The average Bonchev–Trinajstić information content (AvgIpc) is 3.13. The molecular formula is C16H25F6N7O5S. The summed E-state index contributed by atoms with van der Waals surface area (Å²) in [6.07, 6.45) is -5.47. The summed E-state index contributed by atoms with van der Waals surface area (Å²) in [5.74, 6) is -5.39. The molecule has 0 fully saturated rings. The molecule has 2 amide bonds. The average molecular weight is 541 g/mol. The van der Waals surface area contributed by atoms with Gasteiger partial charge in [-0.1, -0.05) is 31.1 Å². The Kier molecular flexibility index (Phi) is 16.5. The van der Waals surface area contributed by atoms with Crippen molar-refractivity contribution in [3.8, 4) is 0 Å². The zero-order chi connectivity index (χ0) is 27.7. The summed E-state index contributed by atoms with van der Waals surface area (Å²) in [4.78, 5) is 33.3. The van der Waals surface area contributed by atoms with Gasteiger partial charge in [-0.2, -0.15) is 26.3 Å². The summed E-state index contributed by atoms with van der Waals surface area (Å²) < 4.78 is 63.5. The van der Waals surface area contributed by atoms with Gasteiger partial charge in [0, 0.05) is 19.5 Å². The molecule has 0 saturated carbocycles. The molecule has 0 bridgehead atoms. The molecule has 0 aromatic carbocycles. The van der Waals surface area contributed by atoms with Gasteiger partial charge in [0.2, 0.25) is 5.13 Å². The van der Waals surface area contributed by atoms with Crippen LogP contribution in [0.1, 0.15) is 37.6 Å². The van der Waals surface area contributed by atoms with E-state index >= 15 is 0 Å². The summed E-state index contributed by atoms with van der Waals surface area (Å²) in [6, 6.07) is -0.316. The molecule has 0 aliphatic heterocycles. The topological polar surface area (TPSA) is 206 Å². The van der Waals surface area contributed by atoms with Crippen molar-refractivity contribution in [1.82, 2.24) is 20.8 Å². The maximum atomic E-state index is 11.5. The number of aliphatic carboxylic acids is 2. The van der Waals surface area contributed by atoms with E-state index in [9.17, 15) is 31.1 Å². The van der Waals surface area contributed by atoms with E-state index in [0.717, 1.165) is 37.1 Å². The molecule has 0 radical (unpaired) electrons. The lowest BCUT2D eigenvalue weighted by molar-refractivity contribution is -0.193. The summed E-state index contributed by atoms with van der Waals surface area (Å²) >= 11 is 1.37. The number of aromatic nitrogens is 2. The van der Waals surface area contributed by atoms with Gasteiger partial charge >= 0.3 is 30.3 Å². The molecule has 1 aromatic rings. The Morgan fingerprint density at radius 1 is 1.00 bits per heavy atom. The quantitative estimate of drug-likeness (QED) is 0.123. The number of hydrogen-bond donors (Lipinski definition) is 6. The number of nitrogen functional groups attached to an aromatic ring is 1. The number of amides is 2. The first kappa shape index (κ1) is 33.8. The highest BCUT2D eigenvalue weighted by Crippen LogP contribution is 2.14. The van der Waals surface area contributed by atoms with Crippen LogP contribution in [-0.2, 0) is 16.0 Å². The number of carbonyl (C=O) groups is 3. The highest BCUT2D eigenvalue weighted by atomic mass is 32.1. The normalized spacial score (nSPS) is 11.3. The first-order valence-electron chi connectivity index (χ1n) is 9.53. The molecule has 0 unspecified atom stereocenters.